The molecule has 1 aliphatic carbocycles. The molecular formula is C14H20N2. The normalized spacial score (nSPS) is 18.0. The number of amidine groups is 1. The topological polar surface area (TPSA) is 38.4 Å². The quantitative estimate of drug-likeness (QED) is 0.596. The summed E-state index contributed by atoms with van der Waals surface area (Å²) in [7, 11) is 0. The average Bonchev–Trinajstić information content (AvgIpc) is 2.76. The van der Waals surface area contributed by atoms with Crippen molar-refractivity contribution < 1.29 is 0 Å². The molecule has 2 rings (SSSR count). The van der Waals surface area contributed by atoms with Crippen molar-refractivity contribution in [2.75, 3.05) is 0 Å². The number of aliphatic imine (C=N–C) groups is 1. The highest BCUT2D eigenvalue weighted by atomic mass is 14.9. The third-order valence-corrected chi connectivity index (χ3v) is 3.45. The lowest BCUT2D eigenvalue weighted by Crippen LogP contribution is -2.20. The van der Waals surface area contributed by atoms with Crippen LogP contribution >= 0.6 is 0 Å². The Labute approximate surface area is 97.6 Å². The van der Waals surface area contributed by atoms with Crippen LogP contribution in [0.4, 0.5) is 5.69 Å². The second kappa shape index (κ2) is 4.69. The van der Waals surface area contributed by atoms with Gasteiger partial charge in [0.1, 0.15) is 5.84 Å². The highest BCUT2D eigenvalue weighted by Crippen LogP contribution is 2.28. The SMILES string of the molecule is Cc1cccc(C)c1N=C(N)C1CCCC1. The van der Waals surface area contributed by atoms with Crippen LogP contribution in [-0.4, -0.2) is 5.84 Å². The van der Waals surface area contributed by atoms with E-state index in [2.05, 4.69) is 37.0 Å². The van der Waals surface area contributed by atoms with Gasteiger partial charge in [-0.1, -0.05) is 31.0 Å². The summed E-state index contributed by atoms with van der Waals surface area (Å²) >= 11 is 0. The Morgan fingerprint density at radius 2 is 1.75 bits per heavy atom. The Bertz CT molecular complexity index is 381. The Balaban J connectivity index is 2.27. The monoisotopic (exact) mass is 216 g/mol. The van der Waals surface area contributed by atoms with E-state index in [1.165, 1.54) is 36.8 Å². The van der Waals surface area contributed by atoms with Gasteiger partial charge < -0.3 is 5.73 Å². The summed E-state index contributed by atoms with van der Waals surface area (Å²) in [6, 6.07) is 6.25. The zero-order chi connectivity index (χ0) is 11.5. The Hall–Kier alpha value is -1.31. The van der Waals surface area contributed by atoms with Crippen molar-refractivity contribution in [2.45, 2.75) is 39.5 Å². The average molecular weight is 216 g/mol. The van der Waals surface area contributed by atoms with Gasteiger partial charge in [-0.25, -0.2) is 4.99 Å². The highest BCUT2D eigenvalue weighted by molar-refractivity contribution is 5.86. The number of nitrogens with zero attached hydrogens (tertiary/aromatic N) is 1. The van der Waals surface area contributed by atoms with Crippen molar-refractivity contribution in [2.24, 2.45) is 16.6 Å². The van der Waals surface area contributed by atoms with E-state index in [1.54, 1.807) is 0 Å². The number of rotatable bonds is 2. The molecule has 0 radical (unpaired) electrons. The van der Waals surface area contributed by atoms with Gasteiger partial charge in [0.25, 0.3) is 0 Å². The van der Waals surface area contributed by atoms with Gasteiger partial charge in [-0.3, -0.25) is 0 Å². The summed E-state index contributed by atoms with van der Waals surface area (Å²) in [5.41, 5.74) is 9.58. The summed E-state index contributed by atoms with van der Waals surface area (Å²) in [4.78, 5) is 4.63. The number of aryl methyl sites for hydroxylation is 2. The van der Waals surface area contributed by atoms with Crippen LogP contribution in [0.3, 0.4) is 0 Å². The molecule has 0 heterocycles. The molecule has 1 aliphatic rings. The number of hydrogen-bond donors (Lipinski definition) is 1. The molecule has 2 heteroatoms. The van der Waals surface area contributed by atoms with Crippen LogP contribution in [-0.2, 0) is 0 Å². The molecule has 2 N–H and O–H groups in total. The Kier molecular flexibility index (Phi) is 3.28. The number of benzene rings is 1. The van der Waals surface area contributed by atoms with Crippen molar-refractivity contribution >= 4 is 11.5 Å². The van der Waals surface area contributed by atoms with Crippen LogP contribution in [0.1, 0.15) is 36.8 Å². The standard InChI is InChI=1S/C14H20N2/c1-10-6-5-7-11(2)13(10)16-14(15)12-8-3-4-9-12/h5-7,12H,3-4,8-9H2,1-2H3,(H2,15,16). The summed E-state index contributed by atoms with van der Waals surface area (Å²) in [6.07, 6.45) is 5.02. The molecule has 16 heavy (non-hydrogen) atoms. The zero-order valence-electron chi connectivity index (χ0n) is 10.2. The van der Waals surface area contributed by atoms with Crippen molar-refractivity contribution in [3.05, 3.63) is 29.3 Å². The van der Waals surface area contributed by atoms with Gasteiger partial charge in [0.05, 0.1) is 5.69 Å². The van der Waals surface area contributed by atoms with E-state index < -0.39 is 0 Å². The maximum Gasteiger partial charge on any atom is 0.103 e. The minimum Gasteiger partial charge on any atom is -0.387 e. The van der Waals surface area contributed by atoms with E-state index >= 15 is 0 Å². The molecule has 0 aliphatic heterocycles. The van der Waals surface area contributed by atoms with E-state index in [9.17, 15) is 0 Å². The van der Waals surface area contributed by atoms with Crippen LogP contribution in [0.15, 0.2) is 23.2 Å². The molecule has 1 aromatic carbocycles. The van der Waals surface area contributed by atoms with Crippen LogP contribution in [0, 0.1) is 19.8 Å². The third kappa shape index (κ3) is 2.26. The molecule has 1 fully saturated rings. The first-order chi connectivity index (χ1) is 7.68. The fourth-order valence-corrected chi connectivity index (χ4v) is 2.42. The highest BCUT2D eigenvalue weighted by Gasteiger charge is 2.18. The van der Waals surface area contributed by atoms with E-state index in [1.807, 2.05) is 0 Å². The van der Waals surface area contributed by atoms with Crippen molar-refractivity contribution in [3.8, 4) is 0 Å². The van der Waals surface area contributed by atoms with Crippen molar-refractivity contribution in [3.63, 3.8) is 0 Å². The van der Waals surface area contributed by atoms with E-state index in [0.717, 1.165) is 11.5 Å². The first-order valence-electron chi connectivity index (χ1n) is 6.09. The van der Waals surface area contributed by atoms with Crippen LogP contribution < -0.4 is 5.73 Å². The lowest BCUT2D eigenvalue weighted by molar-refractivity contribution is 0.722. The van der Waals surface area contributed by atoms with Gasteiger partial charge in [-0.15, -0.1) is 0 Å². The lowest BCUT2D eigenvalue weighted by Gasteiger charge is -2.10. The third-order valence-electron chi connectivity index (χ3n) is 3.45. The fraction of sp³-hybridized carbons (Fsp3) is 0.500. The zero-order valence-corrected chi connectivity index (χ0v) is 10.2. The molecule has 1 saturated carbocycles. The summed E-state index contributed by atoms with van der Waals surface area (Å²) in [5.74, 6) is 1.34. The second-order valence-corrected chi connectivity index (χ2v) is 4.76. The first kappa shape index (κ1) is 11.2. The van der Waals surface area contributed by atoms with Gasteiger partial charge >= 0.3 is 0 Å². The summed E-state index contributed by atoms with van der Waals surface area (Å²) < 4.78 is 0. The number of nitrogens with two attached hydrogens (primary N) is 1. The first-order valence-corrected chi connectivity index (χ1v) is 6.09. The minimum atomic E-state index is 0.513. The van der Waals surface area contributed by atoms with Gasteiger partial charge in [0.15, 0.2) is 0 Å². The second-order valence-electron chi connectivity index (χ2n) is 4.76. The van der Waals surface area contributed by atoms with Crippen molar-refractivity contribution in [1.82, 2.24) is 0 Å². The molecule has 0 aromatic heterocycles. The molecule has 0 unspecified atom stereocenters. The van der Waals surface area contributed by atoms with Crippen LogP contribution in [0.25, 0.3) is 0 Å². The maximum atomic E-state index is 6.10. The lowest BCUT2D eigenvalue weighted by atomic mass is 10.1. The van der Waals surface area contributed by atoms with E-state index in [4.69, 9.17) is 5.73 Å². The number of para-hydroxylation sites is 1. The molecule has 2 nitrogen and oxygen atoms in total. The van der Waals surface area contributed by atoms with E-state index in [0.29, 0.717) is 5.92 Å². The summed E-state index contributed by atoms with van der Waals surface area (Å²) in [5, 5.41) is 0. The van der Waals surface area contributed by atoms with Crippen LogP contribution in [0.5, 0.6) is 0 Å². The Morgan fingerprint density at radius 1 is 1.19 bits per heavy atom. The van der Waals surface area contributed by atoms with Gasteiger partial charge in [0, 0.05) is 5.92 Å². The Morgan fingerprint density at radius 3 is 2.31 bits per heavy atom. The molecule has 0 atom stereocenters. The predicted octanol–water partition coefficient (Wildman–Crippen LogP) is 3.48. The minimum absolute atomic E-state index is 0.513. The smallest absolute Gasteiger partial charge is 0.103 e. The fourth-order valence-electron chi connectivity index (χ4n) is 2.42. The molecule has 0 amide bonds. The van der Waals surface area contributed by atoms with Gasteiger partial charge in [-0.2, -0.15) is 0 Å². The van der Waals surface area contributed by atoms with Crippen LogP contribution in [0.2, 0.25) is 0 Å². The molecule has 0 bridgehead atoms. The number of hydrogen-bond acceptors (Lipinski definition) is 1. The molecular weight excluding hydrogens is 196 g/mol. The van der Waals surface area contributed by atoms with Gasteiger partial charge in [-0.05, 0) is 37.8 Å². The molecule has 86 valence electrons. The van der Waals surface area contributed by atoms with E-state index in [-0.39, 0.29) is 0 Å². The molecule has 0 saturated heterocycles. The summed E-state index contributed by atoms with van der Waals surface area (Å²) in [6.45, 7) is 4.18. The molecule has 0 spiro atoms. The predicted molar refractivity (Wildman–Crippen MR) is 69.2 cm³/mol. The van der Waals surface area contributed by atoms with Crippen molar-refractivity contribution in [1.29, 1.82) is 0 Å². The maximum absolute atomic E-state index is 6.10. The van der Waals surface area contributed by atoms with Gasteiger partial charge in [0.2, 0.25) is 0 Å². The largest absolute Gasteiger partial charge is 0.387 e. The molecule has 1 aromatic rings.